The van der Waals surface area contributed by atoms with Crippen molar-refractivity contribution in [3.63, 3.8) is 0 Å². The van der Waals surface area contributed by atoms with Gasteiger partial charge in [-0.05, 0) is 31.0 Å². The van der Waals surface area contributed by atoms with Crippen LogP contribution in [0.15, 0.2) is 34.8 Å². The van der Waals surface area contributed by atoms with Crippen molar-refractivity contribution >= 4 is 28.7 Å². The predicted molar refractivity (Wildman–Crippen MR) is 103 cm³/mol. The summed E-state index contributed by atoms with van der Waals surface area (Å²) in [5, 5.41) is 9.85. The van der Waals surface area contributed by atoms with Gasteiger partial charge in [0.15, 0.2) is 0 Å². The molecule has 5 nitrogen and oxygen atoms in total. The molecular formula is C19H24N4OS. The van der Waals surface area contributed by atoms with Crippen LogP contribution in [0.3, 0.4) is 0 Å². The highest BCUT2D eigenvalue weighted by atomic mass is 32.1. The molecule has 0 radical (unpaired) electrons. The van der Waals surface area contributed by atoms with E-state index in [9.17, 15) is 0 Å². The van der Waals surface area contributed by atoms with Crippen LogP contribution in [-0.2, 0) is 17.9 Å². The minimum absolute atomic E-state index is 0.408. The molecule has 2 N–H and O–H groups in total. The van der Waals surface area contributed by atoms with Crippen LogP contribution in [0.25, 0.3) is 0 Å². The normalized spacial score (nSPS) is 19.6. The van der Waals surface area contributed by atoms with Crippen LogP contribution in [0, 0.1) is 0 Å². The molecule has 1 fully saturated rings. The Morgan fingerprint density at radius 2 is 2.12 bits per heavy atom. The summed E-state index contributed by atoms with van der Waals surface area (Å²) in [5.41, 5.74) is 3.34. The lowest BCUT2D eigenvalue weighted by Gasteiger charge is -2.23. The first-order valence-electron chi connectivity index (χ1n) is 9.09. The number of nitrogens with zero attached hydrogens (tertiary/aromatic N) is 2. The van der Waals surface area contributed by atoms with Gasteiger partial charge in [0.1, 0.15) is 11.6 Å². The second-order valence-corrected chi connectivity index (χ2v) is 7.62. The lowest BCUT2D eigenvalue weighted by atomic mass is 10.1. The number of nitrogens with one attached hydrogen (secondary N) is 2. The molecule has 0 bridgehead atoms. The van der Waals surface area contributed by atoms with Crippen LogP contribution in [0.1, 0.15) is 49.1 Å². The molecule has 1 aromatic heterocycles. The minimum Gasteiger partial charge on any atom is -0.460 e. The number of fused-ring (bicyclic) bond motifs is 1. The van der Waals surface area contributed by atoms with Gasteiger partial charge in [-0.2, -0.15) is 0 Å². The number of thiazole rings is 1. The zero-order valence-corrected chi connectivity index (χ0v) is 15.1. The Morgan fingerprint density at radius 3 is 2.92 bits per heavy atom. The van der Waals surface area contributed by atoms with Crippen LogP contribution in [-0.4, -0.2) is 17.0 Å². The van der Waals surface area contributed by atoms with Crippen LogP contribution in [0.4, 0.5) is 11.4 Å². The number of hydrogen-bond donors (Lipinski definition) is 2. The molecule has 2 heterocycles. The van der Waals surface area contributed by atoms with E-state index in [-0.39, 0.29) is 0 Å². The van der Waals surface area contributed by atoms with Crippen molar-refractivity contribution in [2.24, 2.45) is 4.99 Å². The molecule has 0 spiro atoms. The number of benzene rings is 1. The molecule has 6 heteroatoms. The van der Waals surface area contributed by atoms with Gasteiger partial charge in [0.05, 0.1) is 12.6 Å². The van der Waals surface area contributed by atoms with Crippen LogP contribution in [0.2, 0.25) is 0 Å². The van der Waals surface area contributed by atoms with Crippen LogP contribution < -0.4 is 10.6 Å². The molecule has 0 atom stereocenters. The number of rotatable bonds is 4. The third-order valence-electron chi connectivity index (χ3n) is 4.76. The Labute approximate surface area is 152 Å². The first-order chi connectivity index (χ1) is 12.4. The molecule has 1 aliphatic carbocycles. The minimum atomic E-state index is 0.408. The average Bonchev–Trinajstić information content (AvgIpc) is 3.03. The maximum Gasteiger partial charge on any atom is 0.289 e. The van der Waals surface area contributed by atoms with Crippen LogP contribution in [0.5, 0.6) is 0 Å². The second-order valence-electron chi connectivity index (χ2n) is 6.64. The Bertz CT molecular complexity index is 721. The lowest BCUT2D eigenvalue weighted by Crippen LogP contribution is -2.24. The van der Waals surface area contributed by atoms with Crippen molar-refractivity contribution in [2.45, 2.75) is 57.7 Å². The van der Waals surface area contributed by atoms with E-state index in [0.29, 0.717) is 18.7 Å². The van der Waals surface area contributed by atoms with Crippen molar-refractivity contribution in [3.8, 4) is 0 Å². The van der Waals surface area contributed by atoms with E-state index in [1.54, 1.807) is 11.3 Å². The van der Waals surface area contributed by atoms with Gasteiger partial charge < -0.3 is 15.4 Å². The highest BCUT2D eigenvalue weighted by Crippen LogP contribution is 2.27. The highest BCUT2D eigenvalue weighted by molar-refractivity contribution is 7.09. The van der Waals surface area contributed by atoms with Gasteiger partial charge in [0, 0.05) is 28.5 Å². The zero-order chi connectivity index (χ0) is 16.9. The van der Waals surface area contributed by atoms with Gasteiger partial charge in [-0.15, -0.1) is 11.3 Å². The molecule has 0 amide bonds. The third-order valence-corrected chi connectivity index (χ3v) is 5.54. The third kappa shape index (κ3) is 4.31. The summed E-state index contributed by atoms with van der Waals surface area (Å²) in [6.07, 6.45) is 9.45. The molecule has 1 aromatic carbocycles. The van der Waals surface area contributed by atoms with Crippen LogP contribution >= 0.6 is 11.3 Å². The molecular weight excluding hydrogens is 332 g/mol. The summed E-state index contributed by atoms with van der Waals surface area (Å²) in [6.45, 7) is 1.32. The SMILES string of the molecule is c1csc(CNc2ccc3c(c2)COC(=NC2CCCCCC2)N3)n1. The van der Waals surface area contributed by atoms with E-state index in [0.717, 1.165) is 28.5 Å². The molecule has 2 aliphatic rings. The Balaban J connectivity index is 1.39. The molecule has 0 unspecified atom stereocenters. The standard InChI is InChI=1S/C19H24N4OS/c1-2-4-6-15(5-3-1)22-19-23-17-8-7-16(11-14(17)13-24-19)21-12-18-20-9-10-25-18/h7-11,15,21H,1-6,12-13H2,(H,22,23). The van der Waals surface area contributed by atoms with Crippen molar-refractivity contribution in [2.75, 3.05) is 10.6 Å². The maximum absolute atomic E-state index is 5.85. The summed E-state index contributed by atoms with van der Waals surface area (Å²) in [6, 6.07) is 7.42. The van der Waals surface area contributed by atoms with E-state index in [4.69, 9.17) is 9.73 Å². The molecule has 1 aliphatic heterocycles. The fourth-order valence-electron chi connectivity index (χ4n) is 3.38. The predicted octanol–water partition coefficient (Wildman–Crippen LogP) is 4.78. The van der Waals surface area contributed by atoms with Gasteiger partial charge in [0.25, 0.3) is 6.02 Å². The second kappa shape index (κ2) is 7.87. The first kappa shape index (κ1) is 16.4. The average molecular weight is 356 g/mol. The van der Waals surface area contributed by atoms with Gasteiger partial charge >= 0.3 is 0 Å². The van der Waals surface area contributed by atoms with Gasteiger partial charge in [-0.25, -0.2) is 9.98 Å². The molecule has 25 heavy (non-hydrogen) atoms. The fraction of sp³-hybridized carbons (Fsp3) is 0.474. The number of ether oxygens (including phenoxy) is 1. The summed E-state index contributed by atoms with van der Waals surface area (Å²) in [7, 11) is 0. The van der Waals surface area contributed by atoms with E-state index < -0.39 is 0 Å². The number of hydrogen-bond acceptors (Lipinski definition) is 5. The van der Waals surface area contributed by atoms with Crippen molar-refractivity contribution < 1.29 is 4.74 Å². The summed E-state index contributed by atoms with van der Waals surface area (Å²) in [4.78, 5) is 9.10. The van der Waals surface area contributed by atoms with E-state index >= 15 is 0 Å². The molecule has 0 saturated heterocycles. The maximum atomic E-state index is 5.85. The Kier molecular flexibility index (Phi) is 5.16. The monoisotopic (exact) mass is 356 g/mol. The summed E-state index contributed by atoms with van der Waals surface area (Å²) < 4.78 is 5.85. The lowest BCUT2D eigenvalue weighted by molar-refractivity contribution is 0.281. The highest BCUT2D eigenvalue weighted by Gasteiger charge is 2.18. The smallest absolute Gasteiger partial charge is 0.289 e. The number of amidine groups is 1. The number of aliphatic imine (C=N–C) groups is 1. The van der Waals surface area contributed by atoms with E-state index in [2.05, 4.69) is 33.8 Å². The van der Waals surface area contributed by atoms with Gasteiger partial charge in [-0.3, -0.25) is 0 Å². The molecule has 132 valence electrons. The van der Waals surface area contributed by atoms with Crippen molar-refractivity contribution in [1.82, 2.24) is 4.98 Å². The van der Waals surface area contributed by atoms with Crippen molar-refractivity contribution in [3.05, 3.63) is 40.3 Å². The molecule has 2 aromatic rings. The van der Waals surface area contributed by atoms with E-state index in [1.807, 2.05) is 11.6 Å². The largest absolute Gasteiger partial charge is 0.460 e. The topological polar surface area (TPSA) is 58.5 Å². The van der Waals surface area contributed by atoms with Gasteiger partial charge in [0.2, 0.25) is 0 Å². The quantitative estimate of drug-likeness (QED) is 0.774. The summed E-state index contributed by atoms with van der Waals surface area (Å²) in [5.74, 6) is 0. The summed E-state index contributed by atoms with van der Waals surface area (Å²) >= 11 is 1.66. The van der Waals surface area contributed by atoms with E-state index in [1.165, 1.54) is 38.5 Å². The zero-order valence-electron chi connectivity index (χ0n) is 14.3. The Hall–Kier alpha value is -2.08. The number of anilines is 2. The molecule has 1 saturated carbocycles. The first-order valence-corrected chi connectivity index (χ1v) is 9.97. The number of aromatic nitrogens is 1. The van der Waals surface area contributed by atoms with Gasteiger partial charge in [-0.1, -0.05) is 25.7 Å². The van der Waals surface area contributed by atoms with Crippen molar-refractivity contribution in [1.29, 1.82) is 0 Å². The fourth-order valence-corrected chi connectivity index (χ4v) is 3.94. The Morgan fingerprint density at radius 1 is 1.24 bits per heavy atom. The molecule has 4 rings (SSSR count).